The van der Waals surface area contributed by atoms with Crippen molar-refractivity contribution in [2.24, 2.45) is 0 Å². The van der Waals surface area contributed by atoms with Gasteiger partial charge in [-0.05, 0) is 83.1 Å². The highest BCUT2D eigenvalue weighted by Crippen LogP contribution is 2.34. The van der Waals surface area contributed by atoms with Gasteiger partial charge in [0.05, 0.1) is 13.2 Å². The predicted octanol–water partition coefficient (Wildman–Crippen LogP) is 4.11. The van der Waals surface area contributed by atoms with E-state index in [1.165, 1.54) is 24.1 Å². The Morgan fingerprint density at radius 3 is 2.50 bits per heavy atom. The molecule has 0 bridgehead atoms. The smallest absolute Gasteiger partial charge is 0.253 e. The molecule has 3 heterocycles. The van der Waals surface area contributed by atoms with E-state index < -0.39 is 0 Å². The van der Waals surface area contributed by atoms with Gasteiger partial charge in [0.1, 0.15) is 11.8 Å². The average molecular weight is 514 g/mol. The van der Waals surface area contributed by atoms with Crippen molar-refractivity contribution < 1.29 is 4.74 Å². The number of hydrogen-bond acceptors (Lipinski definition) is 7. The number of aromatic amines is 1. The fraction of sp³-hybridized carbons (Fsp3) is 0.448. The number of fused-ring (bicyclic) bond motifs is 1. The van der Waals surface area contributed by atoms with E-state index in [0.29, 0.717) is 5.56 Å². The van der Waals surface area contributed by atoms with E-state index in [-0.39, 0.29) is 17.6 Å². The molecule has 2 aromatic carbocycles. The number of piperazine rings is 1. The number of anilines is 1. The molecule has 2 fully saturated rings. The molecule has 4 aromatic rings. The van der Waals surface area contributed by atoms with Crippen molar-refractivity contribution in [1.82, 2.24) is 30.1 Å². The molecule has 9 heteroatoms. The topological polar surface area (TPSA) is 92.2 Å². The molecule has 1 saturated carbocycles. The molecule has 1 atom stereocenters. The second-order valence-electron chi connectivity index (χ2n) is 10.4. The summed E-state index contributed by atoms with van der Waals surface area (Å²) in [7, 11) is 1.69. The van der Waals surface area contributed by atoms with E-state index in [9.17, 15) is 4.79 Å². The fourth-order valence-corrected chi connectivity index (χ4v) is 6.02. The maximum absolute atomic E-state index is 13.6. The number of aromatic nitrogens is 5. The molecule has 198 valence electrons. The standard InChI is InChI=1S/C29H35N7O2/c1-3-20-8-13-26-21(18-20)19-25(29(37)30-26)27(28-31-32-33-36(28)23-6-4-5-7-23)35-16-14-34(15-17-35)22-9-11-24(38-2)12-10-22/h8-13,18-19,23,27H,3-7,14-17H2,1-2H3,(H,30,37). The highest BCUT2D eigenvalue weighted by molar-refractivity contribution is 5.80. The van der Waals surface area contributed by atoms with Crippen molar-refractivity contribution in [3.63, 3.8) is 0 Å². The maximum atomic E-state index is 13.6. The minimum absolute atomic E-state index is 0.0784. The van der Waals surface area contributed by atoms with E-state index in [0.717, 1.165) is 67.9 Å². The Balaban J connectivity index is 1.37. The molecule has 1 aliphatic heterocycles. The Morgan fingerprint density at radius 1 is 1.03 bits per heavy atom. The van der Waals surface area contributed by atoms with Gasteiger partial charge < -0.3 is 14.6 Å². The van der Waals surface area contributed by atoms with Gasteiger partial charge in [0.2, 0.25) is 0 Å². The normalized spacial score (nSPS) is 17.8. The minimum atomic E-state index is -0.318. The monoisotopic (exact) mass is 513 g/mol. The van der Waals surface area contributed by atoms with E-state index in [1.54, 1.807) is 7.11 Å². The van der Waals surface area contributed by atoms with Gasteiger partial charge in [-0.1, -0.05) is 25.8 Å². The zero-order chi connectivity index (χ0) is 26.1. The lowest BCUT2D eigenvalue weighted by Crippen LogP contribution is -2.49. The van der Waals surface area contributed by atoms with Gasteiger partial charge in [0.15, 0.2) is 5.82 Å². The molecule has 0 radical (unpaired) electrons. The summed E-state index contributed by atoms with van der Waals surface area (Å²) in [5, 5.41) is 14.1. The van der Waals surface area contributed by atoms with Gasteiger partial charge in [0.25, 0.3) is 5.56 Å². The maximum Gasteiger partial charge on any atom is 0.253 e. The predicted molar refractivity (Wildman–Crippen MR) is 148 cm³/mol. The third-order valence-electron chi connectivity index (χ3n) is 8.19. The van der Waals surface area contributed by atoms with Crippen LogP contribution in [-0.4, -0.2) is 63.4 Å². The summed E-state index contributed by atoms with van der Waals surface area (Å²) in [6, 6.07) is 16.5. The fourth-order valence-electron chi connectivity index (χ4n) is 6.02. The van der Waals surface area contributed by atoms with Crippen LogP contribution in [0.15, 0.2) is 53.3 Å². The van der Waals surface area contributed by atoms with Crippen molar-refractivity contribution in [1.29, 1.82) is 0 Å². The first-order valence-electron chi connectivity index (χ1n) is 13.7. The number of nitrogens with zero attached hydrogens (tertiary/aromatic N) is 6. The van der Waals surface area contributed by atoms with Gasteiger partial charge in [0, 0.05) is 42.9 Å². The first kappa shape index (κ1) is 24.6. The van der Waals surface area contributed by atoms with Crippen LogP contribution in [0.25, 0.3) is 10.9 Å². The van der Waals surface area contributed by atoms with Crippen LogP contribution in [0.2, 0.25) is 0 Å². The van der Waals surface area contributed by atoms with Crippen molar-refractivity contribution >= 4 is 16.6 Å². The number of hydrogen-bond donors (Lipinski definition) is 1. The summed E-state index contributed by atoms with van der Waals surface area (Å²) in [5.41, 5.74) is 3.90. The minimum Gasteiger partial charge on any atom is -0.497 e. The molecular weight excluding hydrogens is 478 g/mol. The second-order valence-corrected chi connectivity index (χ2v) is 10.4. The summed E-state index contributed by atoms with van der Waals surface area (Å²) in [6.45, 7) is 5.43. The molecule has 0 amide bonds. The number of ether oxygens (including phenoxy) is 1. The van der Waals surface area contributed by atoms with Gasteiger partial charge in [-0.15, -0.1) is 5.10 Å². The van der Waals surface area contributed by atoms with Crippen molar-refractivity contribution in [3.8, 4) is 5.75 Å². The molecule has 0 spiro atoms. The van der Waals surface area contributed by atoms with Gasteiger partial charge in [-0.3, -0.25) is 9.69 Å². The SMILES string of the molecule is CCc1ccc2[nH]c(=O)c(C(c3nnnn3C3CCCC3)N3CCN(c4ccc(OC)cc4)CC3)cc2c1. The van der Waals surface area contributed by atoms with Crippen LogP contribution in [0, 0.1) is 0 Å². The summed E-state index contributed by atoms with van der Waals surface area (Å²) < 4.78 is 7.32. The first-order chi connectivity index (χ1) is 18.6. The second kappa shape index (κ2) is 10.6. The Labute approximate surface area is 222 Å². The molecule has 1 unspecified atom stereocenters. The molecule has 6 rings (SSSR count). The highest BCUT2D eigenvalue weighted by atomic mass is 16.5. The van der Waals surface area contributed by atoms with Gasteiger partial charge in [-0.2, -0.15) is 0 Å². The first-order valence-corrected chi connectivity index (χ1v) is 13.7. The van der Waals surface area contributed by atoms with E-state index >= 15 is 0 Å². The van der Waals surface area contributed by atoms with Crippen LogP contribution in [0.3, 0.4) is 0 Å². The number of rotatable bonds is 7. The molecule has 1 aliphatic carbocycles. The number of pyridine rings is 1. The molecule has 9 nitrogen and oxygen atoms in total. The van der Waals surface area contributed by atoms with E-state index in [4.69, 9.17) is 4.74 Å². The Hall–Kier alpha value is -3.72. The largest absolute Gasteiger partial charge is 0.497 e. The summed E-state index contributed by atoms with van der Waals surface area (Å²) in [6.07, 6.45) is 5.46. The Kier molecular flexibility index (Phi) is 6.84. The highest BCUT2D eigenvalue weighted by Gasteiger charge is 2.34. The van der Waals surface area contributed by atoms with Crippen LogP contribution >= 0.6 is 0 Å². The van der Waals surface area contributed by atoms with Crippen LogP contribution in [0.4, 0.5) is 5.69 Å². The lowest BCUT2D eigenvalue weighted by Gasteiger charge is -2.39. The number of benzene rings is 2. The number of tetrazole rings is 1. The molecular formula is C29H35N7O2. The van der Waals surface area contributed by atoms with Gasteiger partial charge >= 0.3 is 0 Å². The number of nitrogens with one attached hydrogen (secondary N) is 1. The summed E-state index contributed by atoms with van der Waals surface area (Å²) >= 11 is 0. The Bertz CT molecular complexity index is 1450. The van der Waals surface area contributed by atoms with Crippen LogP contribution < -0.4 is 15.2 Å². The molecule has 38 heavy (non-hydrogen) atoms. The van der Waals surface area contributed by atoms with Crippen LogP contribution in [-0.2, 0) is 6.42 Å². The van der Waals surface area contributed by atoms with Crippen molar-refractivity contribution in [3.05, 3.63) is 75.8 Å². The lowest BCUT2D eigenvalue weighted by molar-refractivity contribution is 0.197. The zero-order valence-corrected chi connectivity index (χ0v) is 22.1. The van der Waals surface area contributed by atoms with E-state index in [1.807, 2.05) is 22.9 Å². The number of aryl methyl sites for hydroxylation is 1. The van der Waals surface area contributed by atoms with E-state index in [2.05, 4.69) is 67.6 Å². The average Bonchev–Trinajstić information content (AvgIpc) is 3.66. The summed E-state index contributed by atoms with van der Waals surface area (Å²) in [5.74, 6) is 1.62. The quantitative estimate of drug-likeness (QED) is 0.398. The van der Waals surface area contributed by atoms with Crippen molar-refractivity contribution in [2.45, 2.75) is 51.1 Å². The van der Waals surface area contributed by atoms with Crippen LogP contribution in [0.5, 0.6) is 5.75 Å². The zero-order valence-electron chi connectivity index (χ0n) is 22.1. The lowest BCUT2D eigenvalue weighted by atomic mass is 10.0. The molecule has 1 N–H and O–H groups in total. The number of H-pyrrole nitrogens is 1. The van der Waals surface area contributed by atoms with Gasteiger partial charge in [-0.25, -0.2) is 4.68 Å². The molecule has 2 aliphatic rings. The number of methoxy groups -OCH3 is 1. The Morgan fingerprint density at radius 2 is 1.79 bits per heavy atom. The third-order valence-corrected chi connectivity index (χ3v) is 8.19. The third kappa shape index (κ3) is 4.67. The summed E-state index contributed by atoms with van der Waals surface area (Å²) in [4.78, 5) is 21.5. The van der Waals surface area contributed by atoms with Crippen molar-refractivity contribution in [2.75, 3.05) is 38.2 Å². The molecule has 2 aromatic heterocycles. The molecule has 1 saturated heterocycles. The van der Waals surface area contributed by atoms with Crippen LogP contribution in [0.1, 0.15) is 61.6 Å².